The number of aryl methyl sites for hydroxylation is 4. The summed E-state index contributed by atoms with van der Waals surface area (Å²) in [6.45, 7) is 8.76. The first-order valence-electron chi connectivity index (χ1n) is 12.1. The van der Waals surface area contributed by atoms with E-state index in [0.717, 1.165) is 33.4 Å². The van der Waals surface area contributed by atoms with E-state index in [-0.39, 0.29) is 30.6 Å². The van der Waals surface area contributed by atoms with E-state index in [2.05, 4.69) is 12.1 Å². The van der Waals surface area contributed by atoms with Crippen LogP contribution >= 0.6 is 0 Å². The second-order valence-corrected chi connectivity index (χ2v) is 9.14. The molecular weight excluding hydrogens is 546 g/mol. The van der Waals surface area contributed by atoms with E-state index >= 15 is 0 Å². The zero-order valence-electron chi connectivity index (χ0n) is 22.7. The summed E-state index contributed by atoms with van der Waals surface area (Å²) in [5.41, 5.74) is 6.83. The number of rotatable bonds is 8. The summed E-state index contributed by atoms with van der Waals surface area (Å²) in [6, 6.07) is 25.2. The van der Waals surface area contributed by atoms with E-state index in [0.29, 0.717) is 24.7 Å². The van der Waals surface area contributed by atoms with Gasteiger partial charge in [0, 0.05) is 11.1 Å². The quantitative estimate of drug-likeness (QED) is 0.287. The number of hydrogen-bond donors (Lipinski definition) is 0. The fourth-order valence-corrected chi connectivity index (χ4v) is 4.15. The second kappa shape index (κ2) is 14.8. The van der Waals surface area contributed by atoms with Gasteiger partial charge in [-0.3, -0.25) is 0 Å². The summed E-state index contributed by atoms with van der Waals surface area (Å²) >= 11 is 0. The van der Waals surface area contributed by atoms with Crippen LogP contribution in [0.2, 0.25) is 0 Å². The van der Waals surface area contributed by atoms with Crippen LogP contribution in [0.4, 0.5) is 0 Å². The number of carbonyl (C=O) groups is 2. The standard InChI is InChI=1S/2C16H16O3.Zn/c2*1-11-7-12(2)9-13(8-11)10-19-15-6-4-3-5-14(15)16(17)18;/h2*3-9H,10H2,1-2H3,(H,17,18);/q;;+2/p-2. The molecule has 0 heterocycles. The molecule has 0 N–H and O–H groups in total. The van der Waals surface area contributed by atoms with Crippen LogP contribution in [0.15, 0.2) is 84.9 Å². The number of carbonyl (C=O) groups excluding carboxylic acids is 2. The average Bonchev–Trinajstić information content (AvgIpc) is 2.86. The molecule has 0 unspecified atom stereocenters. The van der Waals surface area contributed by atoms with Crippen LogP contribution in [0.1, 0.15) is 54.1 Å². The minimum atomic E-state index is -1.23. The van der Waals surface area contributed by atoms with Crippen LogP contribution in [0, 0.1) is 27.7 Å². The van der Waals surface area contributed by atoms with Gasteiger partial charge in [0.05, 0.1) is 11.9 Å². The van der Waals surface area contributed by atoms with E-state index in [1.807, 2.05) is 52.0 Å². The van der Waals surface area contributed by atoms with Gasteiger partial charge in [-0.25, -0.2) is 0 Å². The van der Waals surface area contributed by atoms with Crippen molar-refractivity contribution in [2.24, 2.45) is 0 Å². The molecule has 0 fully saturated rings. The summed E-state index contributed by atoms with van der Waals surface area (Å²) in [5, 5.41) is 21.9. The van der Waals surface area contributed by atoms with Crippen LogP contribution in [0.25, 0.3) is 0 Å². The fraction of sp³-hybridized carbons (Fsp3) is 0.188. The normalized spacial score (nSPS) is 9.95. The molecule has 4 aromatic rings. The number of aromatic carboxylic acids is 2. The van der Waals surface area contributed by atoms with Crippen molar-refractivity contribution in [3.63, 3.8) is 0 Å². The molecule has 0 amide bonds. The largest absolute Gasteiger partial charge is 2.00 e. The van der Waals surface area contributed by atoms with Gasteiger partial charge in [0.15, 0.2) is 0 Å². The van der Waals surface area contributed by atoms with Crippen molar-refractivity contribution < 1.29 is 48.8 Å². The smallest absolute Gasteiger partial charge is 0.545 e. The molecule has 4 aromatic carbocycles. The maximum absolute atomic E-state index is 11.0. The minimum Gasteiger partial charge on any atom is -0.545 e. The third kappa shape index (κ3) is 9.70. The van der Waals surface area contributed by atoms with Gasteiger partial charge in [0.25, 0.3) is 0 Å². The Bertz CT molecular complexity index is 1280. The molecule has 0 aliphatic heterocycles. The Kier molecular flexibility index (Phi) is 11.9. The topological polar surface area (TPSA) is 98.7 Å². The second-order valence-electron chi connectivity index (χ2n) is 9.14. The van der Waals surface area contributed by atoms with Gasteiger partial charge in [0.2, 0.25) is 0 Å². The molecule has 0 bridgehead atoms. The van der Waals surface area contributed by atoms with E-state index in [4.69, 9.17) is 9.47 Å². The Hall–Kier alpha value is -3.96. The average molecular weight is 576 g/mol. The van der Waals surface area contributed by atoms with Crippen molar-refractivity contribution in [3.8, 4) is 11.5 Å². The fourth-order valence-electron chi connectivity index (χ4n) is 4.15. The van der Waals surface area contributed by atoms with Gasteiger partial charge in [-0.1, -0.05) is 82.9 Å². The predicted octanol–water partition coefficient (Wildman–Crippen LogP) is 4.49. The number of benzene rings is 4. The molecule has 196 valence electrons. The Labute approximate surface area is 242 Å². The van der Waals surface area contributed by atoms with Crippen molar-refractivity contribution in [3.05, 3.63) is 129 Å². The van der Waals surface area contributed by atoms with Gasteiger partial charge >= 0.3 is 19.5 Å². The van der Waals surface area contributed by atoms with Gasteiger partial charge in [0.1, 0.15) is 24.7 Å². The molecule has 0 spiro atoms. The number of carboxylic acids is 2. The van der Waals surface area contributed by atoms with Crippen molar-refractivity contribution in [1.82, 2.24) is 0 Å². The SMILES string of the molecule is Cc1cc(C)cc(COc2ccccc2C(=O)[O-])c1.Cc1cc(C)cc(COc2ccccc2C(=O)[O-])c1.[Zn+2]. The minimum absolute atomic E-state index is 0. The van der Waals surface area contributed by atoms with Crippen molar-refractivity contribution in [1.29, 1.82) is 0 Å². The van der Waals surface area contributed by atoms with E-state index in [1.165, 1.54) is 12.1 Å². The number of ether oxygens (including phenoxy) is 2. The molecule has 0 radical (unpaired) electrons. The van der Waals surface area contributed by atoms with Crippen molar-refractivity contribution in [2.45, 2.75) is 40.9 Å². The maximum Gasteiger partial charge on any atom is 2.00 e. The van der Waals surface area contributed by atoms with Crippen LogP contribution in [-0.2, 0) is 32.7 Å². The van der Waals surface area contributed by atoms with Crippen LogP contribution in [-0.4, -0.2) is 11.9 Å². The van der Waals surface area contributed by atoms with E-state index in [9.17, 15) is 19.8 Å². The van der Waals surface area contributed by atoms with Crippen LogP contribution in [0.5, 0.6) is 11.5 Å². The summed E-state index contributed by atoms with van der Waals surface area (Å²) in [6.07, 6.45) is 0. The van der Waals surface area contributed by atoms with E-state index < -0.39 is 11.9 Å². The third-order valence-corrected chi connectivity index (χ3v) is 5.57. The summed E-state index contributed by atoms with van der Waals surface area (Å²) in [4.78, 5) is 21.9. The van der Waals surface area contributed by atoms with Crippen molar-refractivity contribution in [2.75, 3.05) is 0 Å². The molecule has 0 saturated heterocycles. The number of para-hydroxylation sites is 2. The van der Waals surface area contributed by atoms with E-state index in [1.54, 1.807) is 36.4 Å². The number of carboxylic acid groups (broad SMARTS) is 2. The third-order valence-electron chi connectivity index (χ3n) is 5.57. The molecule has 7 heteroatoms. The molecule has 0 aliphatic rings. The molecule has 0 aliphatic carbocycles. The zero-order chi connectivity index (χ0) is 27.7. The molecule has 0 aromatic heterocycles. The van der Waals surface area contributed by atoms with Crippen LogP contribution in [0.3, 0.4) is 0 Å². The van der Waals surface area contributed by atoms with Crippen molar-refractivity contribution >= 4 is 11.9 Å². The zero-order valence-corrected chi connectivity index (χ0v) is 25.6. The first-order chi connectivity index (χ1) is 18.1. The first kappa shape index (κ1) is 31.3. The van der Waals surface area contributed by atoms with Gasteiger partial charge in [-0.15, -0.1) is 0 Å². The number of hydrogen-bond acceptors (Lipinski definition) is 6. The molecular formula is C32H30O6Zn. The Balaban J connectivity index is 0.000000267. The summed E-state index contributed by atoms with van der Waals surface area (Å²) < 4.78 is 11.1. The summed E-state index contributed by atoms with van der Waals surface area (Å²) in [5.74, 6) is -1.78. The molecule has 6 nitrogen and oxygen atoms in total. The maximum atomic E-state index is 11.0. The van der Waals surface area contributed by atoms with Gasteiger partial charge < -0.3 is 29.3 Å². The Morgan fingerprint density at radius 1 is 0.564 bits per heavy atom. The van der Waals surface area contributed by atoms with Gasteiger partial charge in [-0.05, 0) is 63.1 Å². The van der Waals surface area contributed by atoms with Gasteiger partial charge in [-0.2, -0.15) is 0 Å². The molecule has 0 saturated carbocycles. The Morgan fingerprint density at radius 2 is 0.872 bits per heavy atom. The summed E-state index contributed by atoms with van der Waals surface area (Å²) in [7, 11) is 0. The first-order valence-corrected chi connectivity index (χ1v) is 12.1. The molecule has 39 heavy (non-hydrogen) atoms. The van der Waals surface area contributed by atoms with Crippen LogP contribution < -0.4 is 19.7 Å². The Morgan fingerprint density at radius 3 is 1.18 bits per heavy atom. The predicted molar refractivity (Wildman–Crippen MR) is 142 cm³/mol. The monoisotopic (exact) mass is 574 g/mol. The molecule has 4 rings (SSSR count). The molecule has 0 atom stereocenters.